The van der Waals surface area contributed by atoms with Crippen LogP contribution in [0.5, 0.6) is 5.88 Å². The topological polar surface area (TPSA) is 88.6 Å². The summed E-state index contributed by atoms with van der Waals surface area (Å²) in [5.41, 5.74) is 2.84. The first kappa shape index (κ1) is 22.5. The van der Waals surface area contributed by atoms with E-state index in [1.54, 1.807) is 61.8 Å². The molecule has 0 radical (unpaired) electrons. The number of pyridine rings is 1. The standard InChI is InChI=1S/C25H22ClN3O4/c1-29-21-9-6-17(24(31)28-14-16-5-10-22(33-2)27-13-16)12-19(21)23(30)20(25(29)32)11-15-3-7-18(26)8-4-15/h3-10,12-13,20H,11,14H2,1-2H3,(H,28,31). The van der Waals surface area contributed by atoms with Gasteiger partial charge in [-0.1, -0.05) is 29.8 Å². The Hall–Kier alpha value is -3.71. The van der Waals surface area contributed by atoms with Crippen LogP contribution in [0.2, 0.25) is 5.02 Å². The van der Waals surface area contributed by atoms with E-state index in [4.69, 9.17) is 16.3 Å². The maximum atomic E-state index is 13.2. The lowest BCUT2D eigenvalue weighted by Crippen LogP contribution is -2.43. The number of benzene rings is 2. The van der Waals surface area contributed by atoms with E-state index in [1.165, 1.54) is 12.0 Å². The molecule has 2 amide bonds. The Labute approximate surface area is 196 Å². The first-order chi connectivity index (χ1) is 15.9. The van der Waals surface area contributed by atoms with Crippen molar-refractivity contribution >= 4 is 34.9 Å². The fourth-order valence-electron chi connectivity index (χ4n) is 3.78. The molecule has 1 unspecified atom stereocenters. The van der Waals surface area contributed by atoms with Crippen molar-refractivity contribution in [3.8, 4) is 5.88 Å². The van der Waals surface area contributed by atoms with Gasteiger partial charge in [0.05, 0.1) is 12.8 Å². The molecule has 0 saturated carbocycles. The highest BCUT2D eigenvalue weighted by atomic mass is 35.5. The number of nitrogens with zero attached hydrogens (tertiary/aromatic N) is 2. The number of fused-ring (bicyclic) bond motifs is 1. The summed E-state index contributed by atoms with van der Waals surface area (Å²) in [4.78, 5) is 44.4. The third-order valence-electron chi connectivity index (χ3n) is 5.64. The molecule has 7 nitrogen and oxygen atoms in total. The van der Waals surface area contributed by atoms with Crippen LogP contribution in [0, 0.1) is 5.92 Å². The number of ketones is 1. The average molecular weight is 464 g/mol. The van der Waals surface area contributed by atoms with E-state index in [2.05, 4.69) is 10.3 Å². The second-order valence-corrected chi connectivity index (χ2v) is 8.20. The second kappa shape index (κ2) is 9.42. The lowest BCUT2D eigenvalue weighted by atomic mass is 9.85. The number of carbonyl (C=O) groups excluding carboxylic acids is 3. The summed E-state index contributed by atoms with van der Waals surface area (Å²) in [6.45, 7) is 0.276. The number of Topliss-reactive ketones (excluding diaryl/α,β-unsaturated/α-hetero) is 1. The van der Waals surface area contributed by atoms with Crippen molar-refractivity contribution in [3.05, 3.63) is 88.1 Å². The first-order valence-corrected chi connectivity index (χ1v) is 10.7. The summed E-state index contributed by atoms with van der Waals surface area (Å²) in [6, 6.07) is 15.4. The number of methoxy groups -OCH3 is 1. The van der Waals surface area contributed by atoms with E-state index < -0.39 is 5.92 Å². The number of rotatable bonds is 6. The largest absolute Gasteiger partial charge is 0.481 e. The molecule has 1 aliphatic rings. The van der Waals surface area contributed by atoms with Crippen LogP contribution >= 0.6 is 11.6 Å². The van der Waals surface area contributed by atoms with Crippen LogP contribution in [0.3, 0.4) is 0 Å². The van der Waals surface area contributed by atoms with Gasteiger partial charge in [0.15, 0.2) is 5.78 Å². The molecule has 1 N–H and O–H groups in total. The monoisotopic (exact) mass is 463 g/mol. The number of hydrogen-bond acceptors (Lipinski definition) is 5. The molecule has 33 heavy (non-hydrogen) atoms. The smallest absolute Gasteiger partial charge is 0.251 e. The van der Waals surface area contributed by atoms with Crippen LogP contribution in [0.4, 0.5) is 5.69 Å². The molecule has 1 aliphatic heterocycles. The van der Waals surface area contributed by atoms with Gasteiger partial charge < -0.3 is 15.0 Å². The minimum Gasteiger partial charge on any atom is -0.481 e. The molecule has 0 fully saturated rings. The van der Waals surface area contributed by atoms with Crippen LogP contribution < -0.4 is 15.0 Å². The number of nitrogens with one attached hydrogen (secondary N) is 1. The molecule has 168 valence electrons. The highest BCUT2D eigenvalue weighted by Crippen LogP contribution is 2.32. The Bertz CT molecular complexity index is 1210. The molecule has 4 rings (SSSR count). The summed E-state index contributed by atoms with van der Waals surface area (Å²) < 4.78 is 5.03. The maximum absolute atomic E-state index is 13.2. The lowest BCUT2D eigenvalue weighted by molar-refractivity contribution is -0.120. The van der Waals surface area contributed by atoms with E-state index in [0.717, 1.165) is 11.1 Å². The Kier molecular flexibility index (Phi) is 6.42. The molecule has 0 spiro atoms. The summed E-state index contributed by atoms with van der Waals surface area (Å²) in [7, 11) is 3.17. The minimum atomic E-state index is -0.854. The number of halogens is 1. The molecule has 1 aromatic heterocycles. The maximum Gasteiger partial charge on any atom is 0.251 e. The van der Waals surface area contributed by atoms with Crippen molar-refractivity contribution in [1.29, 1.82) is 0 Å². The zero-order valence-electron chi connectivity index (χ0n) is 18.2. The normalized spacial score (nSPS) is 15.2. The van der Waals surface area contributed by atoms with Crippen molar-refractivity contribution in [2.45, 2.75) is 13.0 Å². The van der Waals surface area contributed by atoms with Gasteiger partial charge in [0.1, 0.15) is 5.92 Å². The number of hydrogen-bond donors (Lipinski definition) is 1. The summed E-state index contributed by atoms with van der Waals surface area (Å²) in [6.07, 6.45) is 1.89. The Morgan fingerprint density at radius 2 is 1.82 bits per heavy atom. The average Bonchev–Trinajstić information content (AvgIpc) is 2.85. The van der Waals surface area contributed by atoms with E-state index >= 15 is 0 Å². The first-order valence-electron chi connectivity index (χ1n) is 10.3. The van der Waals surface area contributed by atoms with Gasteiger partial charge in [0, 0.05) is 42.0 Å². The van der Waals surface area contributed by atoms with Crippen molar-refractivity contribution in [3.63, 3.8) is 0 Å². The zero-order valence-corrected chi connectivity index (χ0v) is 18.9. The number of aromatic nitrogens is 1. The molecule has 0 bridgehead atoms. The molecule has 2 heterocycles. The van der Waals surface area contributed by atoms with Gasteiger partial charge in [-0.05, 0) is 47.9 Å². The summed E-state index contributed by atoms with van der Waals surface area (Å²) >= 11 is 5.94. The van der Waals surface area contributed by atoms with E-state index in [1.807, 2.05) is 6.07 Å². The number of ether oxygens (including phenoxy) is 1. The number of carbonyl (C=O) groups is 3. The Morgan fingerprint density at radius 1 is 1.09 bits per heavy atom. The zero-order chi connectivity index (χ0) is 23.5. The predicted octanol–water partition coefficient (Wildman–Crippen LogP) is 3.69. The Morgan fingerprint density at radius 3 is 2.48 bits per heavy atom. The molecule has 8 heteroatoms. The van der Waals surface area contributed by atoms with Gasteiger partial charge in [0.2, 0.25) is 11.8 Å². The van der Waals surface area contributed by atoms with Gasteiger partial charge in [-0.25, -0.2) is 4.98 Å². The Balaban J connectivity index is 1.52. The van der Waals surface area contributed by atoms with Gasteiger partial charge in [0.25, 0.3) is 5.91 Å². The van der Waals surface area contributed by atoms with E-state index in [-0.39, 0.29) is 30.6 Å². The van der Waals surface area contributed by atoms with Crippen molar-refractivity contribution < 1.29 is 19.1 Å². The SMILES string of the molecule is COc1ccc(CNC(=O)c2ccc3c(c2)C(=O)C(Cc2ccc(Cl)cc2)C(=O)N3C)cn1. The van der Waals surface area contributed by atoms with E-state index in [9.17, 15) is 14.4 Å². The van der Waals surface area contributed by atoms with Crippen molar-refractivity contribution in [2.24, 2.45) is 5.92 Å². The third kappa shape index (κ3) is 4.73. The predicted molar refractivity (Wildman–Crippen MR) is 125 cm³/mol. The summed E-state index contributed by atoms with van der Waals surface area (Å²) in [5, 5.41) is 3.41. The lowest BCUT2D eigenvalue weighted by Gasteiger charge is -2.30. The molecule has 2 aromatic carbocycles. The molecule has 0 saturated heterocycles. The van der Waals surface area contributed by atoms with Gasteiger partial charge in [-0.3, -0.25) is 14.4 Å². The van der Waals surface area contributed by atoms with Crippen LogP contribution in [-0.4, -0.2) is 36.7 Å². The minimum absolute atomic E-state index is 0.263. The quantitative estimate of drug-likeness (QED) is 0.563. The van der Waals surface area contributed by atoms with Crippen LogP contribution in [0.25, 0.3) is 0 Å². The molecular formula is C25H22ClN3O4. The molecule has 1 atom stereocenters. The van der Waals surface area contributed by atoms with Crippen molar-refractivity contribution in [1.82, 2.24) is 10.3 Å². The van der Waals surface area contributed by atoms with Crippen LogP contribution in [-0.2, 0) is 17.8 Å². The van der Waals surface area contributed by atoms with E-state index in [0.29, 0.717) is 27.7 Å². The van der Waals surface area contributed by atoms with Gasteiger partial charge in [-0.2, -0.15) is 0 Å². The second-order valence-electron chi connectivity index (χ2n) is 7.77. The molecular weight excluding hydrogens is 442 g/mol. The third-order valence-corrected chi connectivity index (χ3v) is 5.90. The highest BCUT2D eigenvalue weighted by Gasteiger charge is 2.38. The van der Waals surface area contributed by atoms with Crippen LogP contribution in [0.1, 0.15) is 31.8 Å². The number of anilines is 1. The fraction of sp³-hybridized carbons (Fsp3) is 0.200. The highest BCUT2D eigenvalue weighted by molar-refractivity contribution is 6.30. The van der Waals surface area contributed by atoms with Crippen molar-refractivity contribution in [2.75, 3.05) is 19.1 Å². The van der Waals surface area contributed by atoms with Crippen LogP contribution in [0.15, 0.2) is 60.8 Å². The van der Waals surface area contributed by atoms with Gasteiger partial charge in [-0.15, -0.1) is 0 Å². The molecule has 0 aliphatic carbocycles. The summed E-state index contributed by atoms with van der Waals surface area (Å²) in [5.74, 6) is -1.25. The number of amides is 2. The fourth-order valence-corrected chi connectivity index (χ4v) is 3.90. The molecule has 3 aromatic rings. The van der Waals surface area contributed by atoms with Gasteiger partial charge >= 0.3 is 0 Å².